The first-order chi connectivity index (χ1) is 33.0. The fourth-order valence-corrected chi connectivity index (χ4v) is 8.60. The molecule has 394 valence electrons. The van der Waals surface area contributed by atoms with Crippen molar-refractivity contribution in [1.82, 2.24) is 0 Å². The Morgan fingerprint density at radius 3 is 1.43 bits per heavy atom. The number of hydrogen-bond acceptors (Lipinski definition) is 11. The topological polar surface area (TPSA) is 186 Å². The highest BCUT2D eigenvalue weighted by molar-refractivity contribution is 7.85. The molecule has 0 saturated carbocycles. The lowest BCUT2D eigenvalue weighted by Crippen LogP contribution is -2.60. The standard InChI is InChI=1S/C55H96O12S/c1-3-5-7-9-11-13-15-17-19-21-22-23-24-25-26-28-29-31-33-35-37-39-41-43-50(56)64-45-48(46-65-55-54(60)53(59)52(58)49(67-55)47-68(61,62)63)66-51(57)44-42-40-38-36-34-32-30-27-20-18-16-14-12-10-8-6-4-2/h8,10,14,16,20,27,32,34-35,37,48-49,52-55,58-60H,3-7,9,11-13,15,17-19,21-26,28-31,33,36,38-47H2,1-2H3,(H,61,62,63)/b10-8+,16-14+,27-20+,34-32+,37-35+/t48-,49-,52-,53?,54?,55+/m1/s1. The van der Waals surface area contributed by atoms with Crippen LogP contribution < -0.4 is 0 Å². The van der Waals surface area contributed by atoms with Crippen LogP contribution in [0.15, 0.2) is 60.8 Å². The SMILES string of the molecule is CCC/C=C/C/C=C/C/C=C/C/C=C/CCCCCC(=O)O[C@H](COC(=O)CCC/C=C/CCCCCCCCCCCCCCCCCCCC)CO[C@H]1O[C@H](CS(=O)(=O)O)[C@@H](O)C(O)C1O. The van der Waals surface area contributed by atoms with Crippen molar-refractivity contribution >= 4 is 22.1 Å². The molecule has 68 heavy (non-hydrogen) atoms. The molecule has 1 rings (SSSR count). The van der Waals surface area contributed by atoms with E-state index in [4.69, 9.17) is 18.9 Å². The summed E-state index contributed by atoms with van der Waals surface area (Å²) in [5.41, 5.74) is 0. The zero-order valence-electron chi connectivity index (χ0n) is 42.4. The number of carbonyl (C=O) groups excluding carboxylic acids is 2. The molecule has 0 spiro atoms. The molecule has 1 aliphatic heterocycles. The van der Waals surface area contributed by atoms with E-state index < -0.39 is 71.2 Å². The van der Waals surface area contributed by atoms with Crippen LogP contribution in [0.25, 0.3) is 0 Å². The van der Waals surface area contributed by atoms with Crippen LogP contribution in [-0.4, -0.2) is 96.0 Å². The maximum atomic E-state index is 12.9. The monoisotopic (exact) mass is 981 g/mol. The van der Waals surface area contributed by atoms with Gasteiger partial charge in [0.25, 0.3) is 10.1 Å². The third-order valence-electron chi connectivity index (χ3n) is 12.1. The molecule has 0 amide bonds. The summed E-state index contributed by atoms with van der Waals surface area (Å²) in [5, 5.41) is 31.0. The van der Waals surface area contributed by atoms with Crippen molar-refractivity contribution in [2.24, 2.45) is 0 Å². The Kier molecular flexibility index (Phi) is 41.3. The number of aliphatic hydroxyl groups excluding tert-OH is 3. The van der Waals surface area contributed by atoms with Gasteiger partial charge < -0.3 is 34.3 Å². The number of unbranched alkanes of at least 4 members (excludes halogenated alkanes) is 23. The highest BCUT2D eigenvalue weighted by atomic mass is 32.2. The summed E-state index contributed by atoms with van der Waals surface area (Å²) in [6.45, 7) is 3.67. The molecule has 13 heteroatoms. The van der Waals surface area contributed by atoms with Crippen molar-refractivity contribution < 1.29 is 56.8 Å². The number of aliphatic hydroxyl groups is 3. The Bertz CT molecular complexity index is 1470. The molecule has 0 aromatic carbocycles. The van der Waals surface area contributed by atoms with Crippen molar-refractivity contribution in [2.45, 2.75) is 256 Å². The van der Waals surface area contributed by atoms with Crippen LogP contribution >= 0.6 is 0 Å². The van der Waals surface area contributed by atoms with Crippen LogP contribution in [0.2, 0.25) is 0 Å². The van der Waals surface area contributed by atoms with Crippen LogP contribution in [0.4, 0.5) is 0 Å². The Hall–Kier alpha value is -2.65. The van der Waals surface area contributed by atoms with E-state index in [9.17, 15) is 37.9 Å². The summed E-state index contributed by atoms with van der Waals surface area (Å²) in [7, 11) is -4.62. The number of hydrogen-bond donors (Lipinski definition) is 4. The Balaban J connectivity index is 2.37. The predicted octanol–water partition coefficient (Wildman–Crippen LogP) is 12.5. The van der Waals surface area contributed by atoms with Gasteiger partial charge in [-0.05, 0) is 70.6 Å². The minimum absolute atomic E-state index is 0.120. The zero-order chi connectivity index (χ0) is 49.8. The van der Waals surface area contributed by atoms with Gasteiger partial charge in [-0.25, -0.2) is 0 Å². The minimum atomic E-state index is -4.62. The van der Waals surface area contributed by atoms with Crippen molar-refractivity contribution in [1.29, 1.82) is 0 Å². The molecular formula is C55H96O12S. The summed E-state index contributed by atoms with van der Waals surface area (Å²) in [4.78, 5) is 25.5. The summed E-state index contributed by atoms with van der Waals surface area (Å²) in [6, 6.07) is 0. The number of esters is 2. The summed E-state index contributed by atoms with van der Waals surface area (Å²) >= 11 is 0. The van der Waals surface area contributed by atoms with Crippen molar-refractivity contribution in [3.8, 4) is 0 Å². The molecular weight excluding hydrogens is 885 g/mol. The van der Waals surface area contributed by atoms with E-state index in [2.05, 4.69) is 74.6 Å². The molecule has 0 aromatic heterocycles. The molecule has 1 fully saturated rings. The lowest BCUT2D eigenvalue weighted by atomic mass is 10.00. The maximum absolute atomic E-state index is 12.9. The van der Waals surface area contributed by atoms with Gasteiger partial charge in [0.15, 0.2) is 12.4 Å². The molecule has 0 aliphatic carbocycles. The Labute approximate surface area is 413 Å². The van der Waals surface area contributed by atoms with E-state index in [1.807, 2.05) is 0 Å². The van der Waals surface area contributed by atoms with Crippen LogP contribution in [0.3, 0.4) is 0 Å². The molecule has 1 heterocycles. The highest BCUT2D eigenvalue weighted by Gasteiger charge is 2.46. The lowest BCUT2D eigenvalue weighted by Gasteiger charge is -2.40. The summed E-state index contributed by atoms with van der Waals surface area (Å²) < 4.78 is 54.2. The molecule has 1 aliphatic rings. The van der Waals surface area contributed by atoms with E-state index >= 15 is 0 Å². The fourth-order valence-electron chi connectivity index (χ4n) is 7.91. The van der Waals surface area contributed by atoms with Gasteiger partial charge in [0.1, 0.15) is 36.8 Å². The van der Waals surface area contributed by atoms with Gasteiger partial charge in [0.05, 0.1) is 6.61 Å². The van der Waals surface area contributed by atoms with Gasteiger partial charge in [-0.1, -0.05) is 197 Å². The van der Waals surface area contributed by atoms with Crippen LogP contribution in [0.1, 0.15) is 219 Å². The van der Waals surface area contributed by atoms with Gasteiger partial charge in [0.2, 0.25) is 0 Å². The second-order valence-corrected chi connectivity index (χ2v) is 20.0. The maximum Gasteiger partial charge on any atom is 0.306 e. The minimum Gasteiger partial charge on any atom is -0.462 e. The smallest absolute Gasteiger partial charge is 0.306 e. The van der Waals surface area contributed by atoms with Gasteiger partial charge >= 0.3 is 11.9 Å². The molecule has 6 atom stereocenters. The summed E-state index contributed by atoms with van der Waals surface area (Å²) in [5.74, 6) is -2.06. The average molecular weight is 981 g/mol. The fraction of sp³-hybridized carbons (Fsp3) is 0.782. The molecule has 1 saturated heterocycles. The highest BCUT2D eigenvalue weighted by Crippen LogP contribution is 2.24. The van der Waals surface area contributed by atoms with Crippen molar-refractivity contribution in [2.75, 3.05) is 19.0 Å². The molecule has 0 bridgehead atoms. The Morgan fingerprint density at radius 1 is 0.500 bits per heavy atom. The van der Waals surface area contributed by atoms with Gasteiger partial charge in [-0.15, -0.1) is 0 Å². The first-order valence-corrected chi connectivity index (χ1v) is 28.5. The predicted molar refractivity (Wildman–Crippen MR) is 275 cm³/mol. The van der Waals surface area contributed by atoms with Gasteiger partial charge in [-0.3, -0.25) is 14.1 Å². The number of carbonyl (C=O) groups is 2. The molecule has 4 N–H and O–H groups in total. The molecule has 2 unspecified atom stereocenters. The molecule has 12 nitrogen and oxygen atoms in total. The van der Waals surface area contributed by atoms with Gasteiger partial charge in [0, 0.05) is 12.8 Å². The summed E-state index contributed by atoms with van der Waals surface area (Å²) in [6.07, 6.45) is 47.1. The number of ether oxygens (including phenoxy) is 4. The van der Waals surface area contributed by atoms with Crippen LogP contribution in [-0.2, 0) is 38.7 Å². The Morgan fingerprint density at radius 2 is 0.926 bits per heavy atom. The molecule has 0 aromatic rings. The van der Waals surface area contributed by atoms with E-state index in [1.54, 1.807) is 0 Å². The largest absolute Gasteiger partial charge is 0.462 e. The van der Waals surface area contributed by atoms with E-state index in [1.165, 1.54) is 116 Å². The first-order valence-electron chi connectivity index (χ1n) is 26.8. The number of rotatable bonds is 45. The van der Waals surface area contributed by atoms with Crippen molar-refractivity contribution in [3.63, 3.8) is 0 Å². The third kappa shape index (κ3) is 38.1. The van der Waals surface area contributed by atoms with Crippen molar-refractivity contribution in [3.05, 3.63) is 60.8 Å². The number of allylic oxidation sites excluding steroid dienone is 10. The zero-order valence-corrected chi connectivity index (χ0v) is 43.3. The first kappa shape index (κ1) is 63.4. The van der Waals surface area contributed by atoms with Crippen LogP contribution in [0, 0.1) is 0 Å². The van der Waals surface area contributed by atoms with Crippen LogP contribution in [0.5, 0.6) is 0 Å². The quantitative estimate of drug-likeness (QED) is 0.0196. The molecule has 0 radical (unpaired) electrons. The normalized spacial score (nSPS) is 19.6. The van der Waals surface area contributed by atoms with Gasteiger partial charge in [-0.2, -0.15) is 8.42 Å². The third-order valence-corrected chi connectivity index (χ3v) is 12.8. The second-order valence-electron chi connectivity index (χ2n) is 18.5. The van der Waals surface area contributed by atoms with E-state index in [-0.39, 0.29) is 19.4 Å². The van der Waals surface area contributed by atoms with E-state index in [0.29, 0.717) is 12.8 Å². The van der Waals surface area contributed by atoms with E-state index in [0.717, 1.165) is 64.2 Å². The second kappa shape index (κ2) is 44.3. The average Bonchev–Trinajstić information content (AvgIpc) is 3.31. The lowest BCUT2D eigenvalue weighted by molar-refractivity contribution is -0.297.